The molecule has 0 rings (SSSR count). The standard InChI is InChI=1S/C10H20N2O2/c1-5-12(7-6-11-4)10(14)9(13)8(2)3/h8,11H,5-7H2,1-4H3. The molecule has 0 heterocycles. The average Bonchev–Trinajstić information content (AvgIpc) is 2.17. The second-order valence-electron chi connectivity index (χ2n) is 3.51. The lowest BCUT2D eigenvalue weighted by Crippen LogP contribution is -2.41. The predicted octanol–water partition coefficient (Wildman–Crippen LogP) is 0.279. The molecule has 1 amide bonds. The zero-order valence-corrected chi connectivity index (χ0v) is 9.46. The Bertz CT molecular complexity index is 202. The Hall–Kier alpha value is -0.900. The zero-order valence-electron chi connectivity index (χ0n) is 9.46. The molecule has 14 heavy (non-hydrogen) atoms. The summed E-state index contributed by atoms with van der Waals surface area (Å²) in [4.78, 5) is 24.5. The van der Waals surface area contributed by atoms with Crippen molar-refractivity contribution in [2.45, 2.75) is 20.8 Å². The van der Waals surface area contributed by atoms with Crippen molar-refractivity contribution in [1.29, 1.82) is 0 Å². The van der Waals surface area contributed by atoms with Crippen LogP contribution in [0.15, 0.2) is 0 Å². The van der Waals surface area contributed by atoms with Crippen LogP contribution in [0.1, 0.15) is 20.8 Å². The minimum atomic E-state index is -0.363. The molecule has 0 saturated heterocycles. The van der Waals surface area contributed by atoms with Gasteiger partial charge in [0.05, 0.1) is 0 Å². The van der Waals surface area contributed by atoms with Gasteiger partial charge in [0, 0.05) is 25.6 Å². The Morgan fingerprint density at radius 2 is 1.93 bits per heavy atom. The molecule has 0 aliphatic carbocycles. The fourth-order valence-corrected chi connectivity index (χ4v) is 1.05. The molecule has 0 aromatic rings. The van der Waals surface area contributed by atoms with Crippen LogP contribution in [0.3, 0.4) is 0 Å². The van der Waals surface area contributed by atoms with Gasteiger partial charge in [-0.25, -0.2) is 0 Å². The van der Waals surface area contributed by atoms with E-state index >= 15 is 0 Å². The maximum Gasteiger partial charge on any atom is 0.290 e. The number of nitrogens with one attached hydrogen (secondary N) is 1. The normalized spacial score (nSPS) is 10.4. The minimum absolute atomic E-state index is 0.217. The number of ketones is 1. The summed E-state index contributed by atoms with van der Waals surface area (Å²) in [5.74, 6) is -0.883. The third-order valence-electron chi connectivity index (χ3n) is 2.04. The molecule has 0 aromatic carbocycles. The first-order chi connectivity index (χ1) is 6.54. The molecule has 0 aliphatic rings. The van der Waals surface area contributed by atoms with Gasteiger partial charge < -0.3 is 10.2 Å². The Balaban J connectivity index is 4.23. The summed E-state index contributed by atoms with van der Waals surface area (Å²) in [6.45, 7) is 7.24. The first-order valence-corrected chi connectivity index (χ1v) is 5.02. The molecular formula is C10H20N2O2. The van der Waals surface area contributed by atoms with Crippen LogP contribution in [0.4, 0.5) is 0 Å². The van der Waals surface area contributed by atoms with Crippen LogP contribution in [-0.2, 0) is 9.59 Å². The highest BCUT2D eigenvalue weighted by atomic mass is 16.2. The first kappa shape index (κ1) is 13.1. The van der Waals surface area contributed by atoms with Crippen LogP contribution < -0.4 is 5.32 Å². The molecule has 0 fully saturated rings. The highest BCUT2D eigenvalue weighted by Crippen LogP contribution is 1.99. The van der Waals surface area contributed by atoms with E-state index < -0.39 is 0 Å². The van der Waals surface area contributed by atoms with Crippen LogP contribution in [0.2, 0.25) is 0 Å². The van der Waals surface area contributed by atoms with E-state index in [9.17, 15) is 9.59 Å². The van der Waals surface area contributed by atoms with E-state index in [2.05, 4.69) is 5.32 Å². The van der Waals surface area contributed by atoms with E-state index in [-0.39, 0.29) is 17.6 Å². The van der Waals surface area contributed by atoms with Crippen molar-refractivity contribution in [3.8, 4) is 0 Å². The van der Waals surface area contributed by atoms with Gasteiger partial charge in [0.1, 0.15) is 0 Å². The number of carbonyl (C=O) groups excluding carboxylic acids is 2. The van der Waals surface area contributed by atoms with Gasteiger partial charge in [-0.1, -0.05) is 13.8 Å². The average molecular weight is 200 g/mol. The van der Waals surface area contributed by atoms with Crippen LogP contribution in [-0.4, -0.2) is 43.3 Å². The summed E-state index contributed by atoms with van der Waals surface area (Å²) in [5, 5.41) is 2.95. The Kier molecular flexibility index (Phi) is 6.12. The van der Waals surface area contributed by atoms with Gasteiger partial charge in [-0.3, -0.25) is 9.59 Å². The molecule has 0 spiro atoms. The number of amides is 1. The number of nitrogens with zero attached hydrogens (tertiary/aromatic N) is 1. The fourth-order valence-electron chi connectivity index (χ4n) is 1.05. The maximum absolute atomic E-state index is 11.6. The Labute approximate surface area is 85.7 Å². The summed E-state index contributed by atoms with van der Waals surface area (Å²) in [5.41, 5.74) is 0. The van der Waals surface area contributed by atoms with Crippen LogP contribution in [0.5, 0.6) is 0 Å². The van der Waals surface area contributed by atoms with E-state index in [1.807, 2.05) is 14.0 Å². The van der Waals surface area contributed by atoms with E-state index in [1.165, 1.54) is 0 Å². The molecule has 0 aromatic heterocycles. The van der Waals surface area contributed by atoms with Crippen LogP contribution in [0.25, 0.3) is 0 Å². The van der Waals surface area contributed by atoms with Crippen molar-refractivity contribution < 1.29 is 9.59 Å². The van der Waals surface area contributed by atoms with Crippen molar-refractivity contribution in [3.05, 3.63) is 0 Å². The van der Waals surface area contributed by atoms with Gasteiger partial charge in [-0.15, -0.1) is 0 Å². The van der Waals surface area contributed by atoms with Crippen molar-refractivity contribution >= 4 is 11.7 Å². The zero-order chi connectivity index (χ0) is 11.1. The maximum atomic E-state index is 11.6. The Morgan fingerprint density at radius 1 is 1.36 bits per heavy atom. The number of Topliss-reactive ketones (excluding diaryl/α,β-unsaturated/α-hetero) is 1. The molecule has 0 saturated carbocycles. The predicted molar refractivity (Wildman–Crippen MR) is 56.0 cm³/mol. The highest BCUT2D eigenvalue weighted by Gasteiger charge is 2.22. The number of hydrogen-bond donors (Lipinski definition) is 1. The van der Waals surface area contributed by atoms with Gasteiger partial charge >= 0.3 is 0 Å². The van der Waals surface area contributed by atoms with E-state index in [4.69, 9.17) is 0 Å². The summed E-state index contributed by atoms with van der Waals surface area (Å²) >= 11 is 0. The SMILES string of the molecule is CCN(CCNC)C(=O)C(=O)C(C)C. The lowest BCUT2D eigenvalue weighted by molar-refractivity contribution is -0.146. The van der Waals surface area contributed by atoms with Gasteiger partial charge in [-0.2, -0.15) is 0 Å². The smallest absolute Gasteiger partial charge is 0.290 e. The van der Waals surface area contributed by atoms with Crippen molar-refractivity contribution in [2.75, 3.05) is 26.7 Å². The number of rotatable bonds is 6. The molecule has 0 atom stereocenters. The van der Waals surface area contributed by atoms with Gasteiger partial charge in [0.15, 0.2) is 0 Å². The monoisotopic (exact) mass is 200 g/mol. The second-order valence-corrected chi connectivity index (χ2v) is 3.51. The van der Waals surface area contributed by atoms with E-state index in [0.29, 0.717) is 19.6 Å². The van der Waals surface area contributed by atoms with Gasteiger partial charge in [0.2, 0.25) is 5.78 Å². The lowest BCUT2D eigenvalue weighted by atomic mass is 10.1. The van der Waals surface area contributed by atoms with Gasteiger partial charge in [-0.05, 0) is 14.0 Å². The lowest BCUT2D eigenvalue weighted by Gasteiger charge is -2.20. The number of carbonyl (C=O) groups is 2. The van der Waals surface area contributed by atoms with E-state index in [0.717, 1.165) is 0 Å². The molecule has 1 N–H and O–H groups in total. The molecule has 82 valence electrons. The summed E-state index contributed by atoms with van der Waals surface area (Å²) in [7, 11) is 1.82. The van der Waals surface area contributed by atoms with Crippen molar-refractivity contribution in [3.63, 3.8) is 0 Å². The van der Waals surface area contributed by atoms with Crippen molar-refractivity contribution in [1.82, 2.24) is 10.2 Å². The Morgan fingerprint density at radius 3 is 2.29 bits per heavy atom. The number of likely N-dealkylation sites (N-methyl/N-ethyl adjacent to an activating group) is 2. The molecule has 0 aliphatic heterocycles. The third kappa shape index (κ3) is 3.87. The van der Waals surface area contributed by atoms with Crippen LogP contribution >= 0.6 is 0 Å². The number of hydrogen-bond acceptors (Lipinski definition) is 3. The van der Waals surface area contributed by atoms with Crippen molar-refractivity contribution in [2.24, 2.45) is 5.92 Å². The fraction of sp³-hybridized carbons (Fsp3) is 0.800. The topological polar surface area (TPSA) is 49.4 Å². The van der Waals surface area contributed by atoms with Crippen LogP contribution in [0, 0.1) is 5.92 Å². The largest absolute Gasteiger partial charge is 0.335 e. The molecule has 0 unspecified atom stereocenters. The summed E-state index contributed by atoms with van der Waals surface area (Å²) in [6.07, 6.45) is 0. The molecular weight excluding hydrogens is 180 g/mol. The van der Waals surface area contributed by atoms with E-state index in [1.54, 1.807) is 18.7 Å². The van der Waals surface area contributed by atoms with Gasteiger partial charge in [0.25, 0.3) is 5.91 Å². The molecule has 0 bridgehead atoms. The summed E-state index contributed by atoms with van der Waals surface area (Å²) in [6, 6.07) is 0. The first-order valence-electron chi connectivity index (χ1n) is 5.02. The summed E-state index contributed by atoms with van der Waals surface area (Å²) < 4.78 is 0. The quantitative estimate of drug-likeness (QED) is 0.626. The molecule has 4 heteroatoms. The molecule has 0 radical (unpaired) electrons. The second kappa shape index (κ2) is 6.54. The third-order valence-corrected chi connectivity index (χ3v) is 2.04. The highest BCUT2D eigenvalue weighted by molar-refractivity contribution is 6.36. The molecule has 4 nitrogen and oxygen atoms in total. The minimum Gasteiger partial charge on any atom is -0.335 e.